The number of carbonyl (C=O) groups excluding carboxylic acids is 1. The van der Waals surface area contributed by atoms with E-state index in [1.165, 1.54) is 15.3 Å². The zero-order valence-corrected chi connectivity index (χ0v) is 13.2. The molecule has 0 saturated carbocycles. The van der Waals surface area contributed by atoms with E-state index in [0.29, 0.717) is 13.0 Å². The first kappa shape index (κ1) is 15.6. The minimum Gasteiger partial charge on any atom is -0.399 e. The molecule has 0 unspecified atom stereocenters. The van der Waals surface area contributed by atoms with Gasteiger partial charge in [-0.1, -0.05) is 12.1 Å². The van der Waals surface area contributed by atoms with E-state index in [-0.39, 0.29) is 5.91 Å². The Morgan fingerprint density at radius 3 is 2.57 bits per heavy atom. The normalized spacial score (nSPS) is 10.5. The molecule has 1 aromatic carbocycles. The van der Waals surface area contributed by atoms with Crippen molar-refractivity contribution >= 4 is 22.9 Å². The minimum atomic E-state index is 0.138. The highest BCUT2D eigenvalue weighted by Crippen LogP contribution is 2.17. The highest BCUT2D eigenvalue weighted by molar-refractivity contribution is 7.11. The number of nitrogen functional groups attached to an aromatic ring is 1. The molecule has 3 nitrogen and oxygen atoms in total. The number of hydrogen-bond donors (Lipinski definition) is 2. The average molecular weight is 302 g/mol. The van der Waals surface area contributed by atoms with Crippen molar-refractivity contribution in [2.24, 2.45) is 0 Å². The first-order valence-electron chi connectivity index (χ1n) is 7.30. The van der Waals surface area contributed by atoms with Crippen molar-refractivity contribution < 1.29 is 4.79 Å². The number of benzene rings is 1. The van der Waals surface area contributed by atoms with E-state index in [2.05, 4.69) is 24.4 Å². The van der Waals surface area contributed by atoms with E-state index >= 15 is 0 Å². The molecule has 0 aliphatic rings. The summed E-state index contributed by atoms with van der Waals surface area (Å²) in [4.78, 5) is 14.4. The van der Waals surface area contributed by atoms with Crippen LogP contribution in [-0.4, -0.2) is 12.5 Å². The van der Waals surface area contributed by atoms with Gasteiger partial charge in [-0.3, -0.25) is 4.79 Å². The van der Waals surface area contributed by atoms with E-state index in [9.17, 15) is 4.79 Å². The zero-order valence-electron chi connectivity index (χ0n) is 12.4. The molecule has 2 rings (SSSR count). The maximum atomic E-state index is 11.8. The molecule has 21 heavy (non-hydrogen) atoms. The van der Waals surface area contributed by atoms with Gasteiger partial charge in [0.1, 0.15) is 0 Å². The number of carbonyl (C=O) groups is 1. The molecule has 0 spiro atoms. The number of amides is 1. The Bertz CT molecular complexity index is 575. The molecular weight excluding hydrogens is 280 g/mol. The van der Waals surface area contributed by atoms with Gasteiger partial charge in [0.05, 0.1) is 0 Å². The van der Waals surface area contributed by atoms with Gasteiger partial charge >= 0.3 is 0 Å². The zero-order chi connectivity index (χ0) is 15.1. The highest BCUT2D eigenvalue weighted by atomic mass is 32.1. The molecule has 4 heteroatoms. The van der Waals surface area contributed by atoms with Crippen molar-refractivity contribution in [2.75, 3.05) is 12.3 Å². The lowest BCUT2D eigenvalue weighted by atomic mass is 10.1. The third-order valence-electron chi connectivity index (χ3n) is 3.34. The van der Waals surface area contributed by atoms with Crippen LogP contribution in [0.25, 0.3) is 0 Å². The third-order valence-corrected chi connectivity index (χ3v) is 4.40. The van der Waals surface area contributed by atoms with Crippen LogP contribution < -0.4 is 11.1 Å². The Morgan fingerprint density at radius 2 is 1.90 bits per heavy atom. The van der Waals surface area contributed by atoms with Gasteiger partial charge in [-0.05, 0) is 56.0 Å². The molecule has 0 saturated heterocycles. The molecular formula is C17H22N2OS. The number of nitrogens with one attached hydrogen (secondary N) is 1. The molecule has 1 aromatic heterocycles. The predicted molar refractivity (Wildman–Crippen MR) is 89.6 cm³/mol. The van der Waals surface area contributed by atoms with Crippen LogP contribution in [0.3, 0.4) is 0 Å². The van der Waals surface area contributed by atoms with Crippen molar-refractivity contribution in [2.45, 2.75) is 32.6 Å². The summed E-state index contributed by atoms with van der Waals surface area (Å²) in [5.74, 6) is 0.138. The summed E-state index contributed by atoms with van der Waals surface area (Å²) in [6, 6.07) is 12.1. The number of aryl methyl sites for hydroxylation is 2. The van der Waals surface area contributed by atoms with E-state index in [4.69, 9.17) is 5.73 Å². The fourth-order valence-corrected chi connectivity index (χ4v) is 3.09. The molecule has 3 N–H and O–H groups in total. The fraction of sp³-hybridized carbons (Fsp3) is 0.353. The lowest BCUT2D eigenvalue weighted by molar-refractivity contribution is -0.121. The SMILES string of the molecule is Cc1ccc(CCCC(=O)NCCc2ccc(N)cc2)s1. The molecule has 112 valence electrons. The Labute approximate surface area is 130 Å². The van der Waals surface area contributed by atoms with Crippen LogP contribution in [0.5, 0.6) is 0 Å². The second-order valence-electron chi connectivity index (χ2n) is 5.21. The Morgan fingerprint density at radius 1 is 1.14 bits per heavy atom. The standard InChI is InChI=1S/C17H22N2OS/c1-13-5-10-16(21-13)3-2-4-17(20)19-12-11-14-6-8-15(18)9-7-14/h5-10H,2-4,11-12,18H2,1H3,(H,19,20). The quantitative estimate of drug-likeness (QED) is 0.771. The van der Waals surface area contributed by atoms with Gasteiger partial charge in [0, 0.05) is 28.4 Å². The smallest absolute Gasteiger partial charge is 0.220 e. The number of thiophene rings is 1. The Hall–Kier alpha value is -1.81. The van der Waals surface area contributed by atoms with Gasteiger partial charge in [0.15, 0.2) is 0 Å². The summed E-state index contributed by atoms with van der Waals surface area (Å²) in [6.45, 7) is 2.79. The monoisotopic (exact) mass is 302 g/mol. The topological polar surface area (TPSA) is 55.1 Å². The van der Waals surface area contributed by atoms with Crippen LogP contribution in [0.1, 0.15) is 28.2 Å². The van der Waals surface area contributed by atoms with E-state index in [1.54, 1.807) is 0 Å². The highest BCUT2D eigenvalue weighted by Gasteiger charge is 2.03. The van der Waals surface area contributed by atoms with Crippen LogP contribution in [-0.2, 0) is 17.6 Å². The van der Waals surface area contributed by atoms with Crippen molar-refractivity contribution in [3.8, 4) is 0 Å². The van der Waals surface area contributed by atoms with Crippen LogP contribution >= 0.6 is 11.3 Å². The molecule has 0 atom stereocenters. The number of anilines is 1. The summed E-state index contributed by atoms with van der Waals surface area (Å²) in [6.07, 6.45) is 3.34. The fourth-order valence-electron chi connectivity index (χ4n) is 2.16. The van der Waals surface area contributed by atoms with Crippen molar-refractivity contribution in [3.63, 3.8) is 0 Å². The van der Waals surface area contributed by atoms with Gasteiger partial charge in [-0.25, -0.2) is 0 Å². The number of hydrogen-bond acceptors (Lipinski definition) is 3. The molecule has 0 aliphatic carbocycles. The summed E-state index contributed by atoms with van der Waals surface area (Å²) < 4.78 is 0. The van der Waals surface area contributed by atoms with Gasteiger partial charge < -0.3 is 11.1 Å². The molecule has 1 heterocycles. The largest absolute Gasteiger partial charge is 0.399 e. The van der Waals surface area contributed by atoms with E-state index in [0.717, 1.165) is 24.9 Å². The van der Waals surface area contributed by atoms with Gasteiger partial charge in [0.2, 0.25) is 5.91 Å². The first-order chi connectivity index (χ1) is 10.1. The minimum absolute atomic E-state index is 0.138. The molecule has 2 aromatic rings. The second-order valence-corrected chi connectivity index (χ2v) is 6.58. The Kier molecular flexibility index (Phi) is 5.81. The third kappa shape index (κ3) is 5.60. The van der Waals surface area contributed by atoms with E-state index in [1.807, 2.05) is 35.6 Å². The van der Waals surface area contributed by atoms with Crippen LogP contribution in [0.2, 0.25) is 0 Å². The lowest BCUT2D eigenvalue weighted by Gasteiger charge is -2.05. The molecule has 0 bridgehead atoms. The van der Waals surface area contributed by atoms with Gasteiger partial charge in [-0.2, -0.15) is 0 Å². The first-order valence-corrected chi connectivity index (χ1v) is 8.11. The van der Waals surface area contributed by atoms with Gasteiger partial charge in [-0.15, -0.1) is 11.3 Å². The molecule has 1 amide bonds. The summed E-state index contributed by atoms with van der Waals surface area (Å²) >= 11 is 1.81. The molecule has 0 aliphatic heterocycles. The summed E-state index contributed by atoms with van der Waals surface area (Å²) in [5.41, 5.74) is 7.60. The lowest BCUT2D eigenvalue weighted by Crippen LogP contribution is -2.25. The van der Waals surface area contributed by atoms with Crippen LogP contribution in [0, 0.1) is 6.92 Å². The summed E-state index contributed by atoms with van der Waals surface area (Å²) in [5, 5.41) is 2.97. The maximum absolute atomic E-state index is 11.8. The summed E-state index contributed by atoms with van der Waals surface area (Å²) in [7, 11) is 0. The van der Waals surface area contributed by atoms with Crippen molar-refractivity contribution in [3.05, 3.63) is 51.7 Å². The van der Waals surface area contributed by atoms with Crippen LogP contribution in [0.15, 0.2) is 36.4 Å². The van der Waals surface area contributed by atoms with E-state index < -0.39 is 0 Å². The maximum Gasteiger partial charge on any atom is 0.220 e. The van der Waals surface area contributed by atoms with Crippen molar-refractivity contribution in [1.29, 1.82) is 0 Å². The van der Waals surface area contributed by atoms with Gasteiger partial charge in [0.25, 0.3) is 0 Å². The number of rotatable bonds is 7. The molecule has 0 radical (unpaired) electrons. The predicted octanol–water partition coefficient (Wildman–Crippen LogP) is 3.32. The molecule has 0 fully saturated rings. The van der Waals surface area contributed by atoms with Crippen molar-refractivity contribution in [1.82, 2.24) is 5.32 Å². The second kappa shape index (κ2) is 7.84. The number of nitrogens with two attached hydrogens (primary N) is 1. The van der Waals surface area contributed by atoms with Crippen LogP contribution in [0.4, 0.5) is 5.69 Å². The Balaban J connectivity index is 1.60. The average Bonchev–Trinajstić information content (AvgIpc) is 2.87.